The summed E-state index contributed by atoms with van der Waals surface area (Å²) in [6.45, 7) is 2.72. The summed E-state index contributed by atoms with van der Waals surface area (Å²) in [5.74, 6) is -0.975. The Morgan fingerprint density at radius 1 is 1.67 bits per heavy atom. The van der Waals surface area contributed by atoms with E-state index in [0.717, 1.165) is 30.9 Å². The van der Waals surface area contributed by atoms with Gasteiger partial charge in [-0.25, -0.2) is 9.78 Å². The van der Waals surface area contributed by atoms with Crippen LogP contribution in [0.5, 0.6) is 0 Å². The van der Waals surface area contributed by atoms with Crippen molar-refractivity contribution in [1.29, 1.82) is 0 Å². The number of carboxylic acids is 1. The Balaban J connectivity index is 2.23. The van der Waals surface area contributed by atoms with Gasteiger partial charge in [-0.15, -0.1) is 11.3 Å². The van der Waals surface area contributed by atoms with Crippen molar-refractivity contribution in [2.24, 2.45) is 0 Å². The maximum absolute atomic E-state index is 10.7. The quantitative estimate of drug-likeness (QED) is 0.841. The van der Waals surface area contributed by atoms with Crippen LogP contribution in [0.1, 0.15) is 41.7 Å². The van der Waals surface area contributed by atoms with Crippen LogP contribution in [0.2, 0.25) is 0 Å². The first-order valence-corrected chi connectivity index (χ1v) is 5.83. The van der Waals surface area contributed by atoms with Gasteiger partial charge in [-0.2, -0.15) is 0 Å². The molecule has 0 spiro atoms. The maximum Gasteiger partial charge on any atom is 0.355 e. The van der Waals surface area contributed by atoms with Gasteiger partial charge in [0.25, 0.3) is 0 Å². The van der Waals surface area contributed by atoms with E-state index < -0.39 is 5.97 Å². The van der Waals surface area contributed by atoms with Crippen LogP contribution in [0.4, 0.5) is 0 Å². The fourth-order valence-electron chi connectivity index (χ4n) is 1.72. The standard InChI is InChI=1S/C10H13NO3S/c1-10(4-2-3-5-14-10)9-11-7(6-15-9)8(12)13/h6H,2-5H2,1H3,(H,12,13). The van der Waals surface area contributed by atoms with E-state index in [2.05, 4.69) is 4.98 Å². The molecule has 1 aliphatic heterocycles. The fourth-order valence-corrected chi connectivity index (χ4v) is 2.66. The van der Waals surface area contributed by atoms with Crippen LogP contribution in [-0.2, 0) is 10.3 Å². The summed E-state index contributed by atoms with van der Waals surface area (Å²) in [6.07, 6.45) is 3.10. The van der Waals surface area contributed by atoms with Crippen molar-refractivity contribution in [1.82, 2.24) is 4.98 Å². The second-order valence-electron chi connectivity index (χ2n) is 3.88. The van der Waals surface area contributed by atoms with Gasteiger partial charge in [-0.3, -0.25) is 0 Å². The maximum atomic E-state index is 10.7. The number of ether oxygens (including phenoxy) is 1. The zero-order chi connectivity index (χ0) is 10.9. The molecule has 1 N–H and O–H groups in total. The highest BCUT2D eigenvalue weighted by atomic mass is 32.1. The zero-order valence-electron chi connectivity index (χ0n) is 8.52. The van der Waals surface area contributed by atoms with Crippen LogP contribution >= 0.6 is 11.3 Å². The highest BCUT2D eigenvalue weighted by Gasteiger charge is 2.33. The fraction of sp³-hybridized carbons (Fsp3) is 0.600. The molecule has 0 radical (unpaired) electrons. The minimum atomic E-state index is -0.975. The molecule has 4 nitrogen and oxygen atoms in total. The van der Waals surface area contributed by atoms with Gasteiger partial charge in [0.15, 0.2) is 5.69 Å². The molecule has 1 fully saturated rings. The molecular weight excluding hydrogens is 214 g/mol. The van der Waals surface area contributed by atoms with Crippen LogP contribution in [0, 0.1) is 0 Å². The van der Waals surface area contributed by atoms with Crippen molar-refractivity contribution in [3.8, 4) is 0 Å². The number of aromatic nitrogens is 1. The van der Waals surface area contributed by atoms with Gasteiger partial charge in [0.1, 0.15) is 10.6 Å². The lowest BCUT2D eigenvalue weighted by molar-refractivity contribution is -0.0702. The summed E-state index contributed by atoms with van der Waals surface area (Å²) in [6, 6.07) is 0. The van der Waals surface area contributed by atoms with E-state index in [4.69, 9.17) is 9.84 Å². The molecule has 1 aromatic heterocycles. The molecule has 0 saturated carbocycles. The number of carboxylic acid groups (broad SMARTS) is 1. The predicted octanol–water partition coefficient (Wildman–Crippen LogP) is 2.26. The molecule has 82 valence electrons. The molecule has 0 bridgehead atoms. The molecule has 1 atom stereocenters. The number of carbonyl (C=O) groups is 1. The molecule has 1 unspecified atom stereocenters. The van der Waals surface area contributed by atoms with Crippen molar-refractivity contribution in [2.45, 2.75) is 31.8 Å². The normalized spacial score (nSPS) is 26.5. The molecule has 0 aliphatic carbocycles. The van der Waals surface area contributed by atoms with Crippen molar-refractivity contribution in [2.75, 3.05) is 6.61 Å². The number of nitrogens with zero attached hydrogens (tertiary/aromatic N) is 1. The Hall–Kier alpha value is -0.940. The monoisotopic (exact) mass is 227 g/mol. The van der Waals surface area contributed by atoms with E-state index in [1.54, 1.807) is 5.38 Å². The third-order valence-electron chi connectivity index (χ3n) is 2.64. The predicted molar refractivity (Wildman–Crippen MR) is 56.2 cm³/mol. The average Bonchev–Trinajstić information content (AvgIpc) is 2.68. The summed E-state index contributed by atoms with van der Waals surface area (Å²) in [5.41, 5.74) is -0.262. The van der Waals surface area contributed by atoms with Gasteiger partial charge in [0, 0.05) is 12.0 Å². The Bertz CT molecular complexity index is 368. The van der Waals surface area contributed by atoms with Crippen molar-refractivity contribution in [3.63, 3.8) is 0 Å². The van der Waals surface area contributed by atoms with Gasteiger partial charge < -0.3 is 9.84 Å². The molecule has 0 aromatic carbocycles. The number of hydrogen-bond acceptors (Lipinski definition) is 4. The molecule has 2 heterocycles. The number of rotatable bonds is 2. The summed E-state index contributed by atoms with van der Waals surface area (Å²) >= 11 is 1.37. The summed E-state index contributed by atoms with van der Waals surface area (Å²) in [4.78, 5) is 14.8. The Labute approximate surface area is 91.9 Å². The van der Waals surface area contributed by atoms with Crippen LogP contribution < -0.4 is 0 Å². The number of thiazole rings is 1. The Kier molecular flexibility index (Phi) is 2.75. The SMILES string of the molecule is CC1(c2nc(C(=O)O)cs2)CCCCO1. The lowest BCUT2D eigenvalue weighted by atomic mass is 9.97. The van der Waals surface area contributed by atoms with Crippen molar-refractivity contribution < 1.29 is 14.6 Å². The molecule has 5 heteroatoms. The largest absolute Gasteiger partial charge is 0.476 e. The Morgan fingerprint density at radius 2 is 2.47 bits per heavy atom. The van der Waals surface area contributed by atoms with Gasteiger partial charge in [-0.1, -0.05) is 0 Å². The van der Waals surface area contributed by atoms with E-state index in [-0.39, 0.29) is 11.3 Å². The summed E-state index contributed by atoms with van der Waals surface area (Å²) < 4.78 is 5.70. The van der Waals surface area contributed by atoms with Crippen LogP contribution in [0.25, 0.3) is 0 Å². The molecule has 1 saturated heterocycles. The average molecular weight is 227 g/mol. The third kappa shape index (κ3) is 2.03. The van der Waals surface area contributed by atoms with Crippen molar-refractivity contribution >= 4 is 17.3 Å². The van der Waals surface area contributed by atoms with Crippen LogP contribution in [0.3, 0.4) is 0 Å². The minimum absolute atomic E-state index is 0.116. The molecular formula is C10H13NO3S. The lowest BCUT2D eigenvalue weighted by Crippen LogP contribution is -2.30. The van der Waals surface area contributed by atoms with E-state index >= 15 is 0 Å². The topological polar surface area (TPSA) is 59.4 Å². The molecule has 2 rings (SSSR count). The molecule has 1 aromatic rings. The molecule has 1 aliphatic rings. The molecule has 0 amide bonds. The van der Waals surface area contributed by atoms with Crippen molar-refractivity contribution in [3.05, 3.63) is 16.1 Å². The minimum Gasteiger partial charge on any atom is -0.476 e. The second-order valence-corrected chi connectivity index (χ2v) is 4.74. The highest BCUT2D eigenvalue weighted by Crippen LogP contribution is 2.36. The van der Waals surface area contributed by atoms with Gasteiger partial charge in [0.2, 0.25) is 0 Å². The van der Waals surface area contributed by atoms with E-state index in [1.165, 1.54) is 11.3 Å². The summed E-state index contributed by atoms with van der Waals surface area (Å²) in [5, 5.41) is 11.1. The third-order valence-corrected chi connectivity index (χ3v) is 3.73. The number of aromatic carboxylic acids is 1. The van der Waals surface area contributed by atoms with Gasteiger partial charge in [0.05, 0.1) is 0 Å². The van der Waals surface area contributed by atoms with Gasteiger partial charge in [-0.05, 0) is 26.2 Å². The first-order chi connectivity index (χ1) is 7.12. The smallest absolute Gasteiger partial charge is 0.355 e. The van der Waals surface area contributed by atoms with Crippen LogP contribution in [-0.4, -0.2) is 22.7 Å². The molecule has 15 heavy (non-hydrogen) atoms. The highest BCUT2D eigenvalue weighted by molar-refractivity contribution is 7.10. The van der Waals surface area contributed by atoms with Gasteiger partial charge >= 0.3 is 5.97 Å². The first kappa shape index (κ1) is 10.6. The zero-order valence-corrected chi connectivity index (χ0v) is 9.34. The lowest BCUT2D eigenvalue weighted by Gasteiger charge is -2.31. The first-order valence-electron chi connectivity index (χ1n) is 4.95. The van der Waals surface area contributed by atoms with E-state index in [9.17, 15) is 4.79 Å². The van der Waals surface area contributed by atoms with Crippen LogP contribution in [0.15, 0.2) is 5.38 Å². The van der Waals surface area contributed by atoms with E-state index in [0.29, 0.717) is 0 Å². The summed E-state index contributed by atoms with van der Waals surface area (Å²) in [7, 11) is 0. The second kappa shape index (κ2) is 3.90. The van der Waals surface area contributed by atoms with E-state index in [1.807, 2.05) is 6.92 Å². The Morgan fingerprint density at radius 3 is 3.00 bits per heavy atom. The number of hydrogen-bond donors (Lipinski definition) is 1.